The molecule has 8 nitrogen and oxygen atoms in total. The number of likely N-dealkylation sites (tertiary alicyclic amines) is 1. The molecule has 1 aromatic rings. The van der Waals surface area contributed by atoms with Crippen LogP contribution in [0.3, 0.4) is 0 Å². The third-order valence-electron chi connectivity index (χ3n) is 3.64. The number of hydrogen-bond acceptors (Lipinski definition) is 5. The minimum atomic E-state index is -0.439. The highest BCUT2D eigenvalue weighted by Crippen LogP contribution is 2.32. The molecule has 0 atom stereocenters. The first-order valence-electron chi connectivity index (χ1n) is 7.14. The first-order chi connectivity index (χ1) is 9.91. The number of rotatable bonds is 5. The molecule has 0 unspecified atom stereocenters. The topological polar surface area (TPSA) is 93.3 Å². The van der Waals surface area contributed by atoms with Gasteiger partial charge in [-0.25, -0.2) is 4.68 Å². The highest BCUT2D eigenvalue weighted by atomic mass is 16.6. The van der Waals surface area contributed by atoms with Crippen LogP contribution in [0.4, 0.5) is 11.5 Å². The van der Waals surface area contributed by atoms with E-state index < -0.39 is 4.92 Å². The molecule has 1 fully saturated rings. The molecule has 2 rings (SSSR count). The van der Waals surface area contributed by atoms with Gasteiger partial charge in [0.2, 0.25) is 11.7 Å². The molecule has 0 aromatic carbocycles. The zero-order valence-electron chi connectivity index (χ0n) is 12.6. The lowest BCUT2D eigenvalue weighted by Gasteiger charge is -2.15. The SMILES string of the molecule is CC(C)c1nn(C)c(NCC(=O)N2CCCC2)c1[N+](=O)[O-]. The fourth-order valence-electron chi connectivity index (χ4n) is 2.54. The smallest absolute Gasteiger partial charge is 0.334 e. The van der Waals surface area contributed by atoms with Crippen LogP contribution < -0.4 is 5.32 Å². The zero-order valence-corrected chi connectivity index (χ0v) is 12.6. The summed E-state index contributed by atoms with van der Waals surface area (Å²) in [7, 11) is 1.64. The predicted molar refractivity (Wildman–Crippen MR) is 78.3 cm³/mol. The van der Waals surface area contributed by atoms with Crippen LogP contribution in [0, 0.1) is 10.1 Å². The lowest BCUT2D eigenvalue weighted by Crippen LogP contribution is -2.33. The molecule has 1 aliphatic heterocycles. The van der Waals surface area contributed by atoms with Gasteiger partial charge in [0.05, 0.1) is 11.5 Å². The van der Waals surface area contributed by atoms with Gasteiger partial charge >= 0.3 is 5.69 Å². The van der Waals surface area contributed by atoms with Crippen molar-refractivity contribution in [2.24, 2.45) is 7.05 Å². The lowest BCUT2D eigenvalue weighted by atomic mass is 10.1. The maximum absolute atomic E-state index is 12.0. The summed E-state index contributed by atoms with van der Waals surface area (Å²) in [6.45, 7) is 5.30. The Morgan fingerprint density at radius 1 is 1.43 bits per heavy atom. The van der Waals surface area contributed by atoms with Crippen LogP contribution in [-0.2, 0) is 11.8 Å². The summed E-state index contributed by atoms with van der Waals surface area (Å²) < 4.78 is 1.44. The molecule has 8 heteroatoms. The number of carbonyl (C=O) groups excluding carboxylic acids is 1. The fraction of sp³-hybridized carbons (Fsp3) is 0.692. The van der Waals surface area contributed by atoms with Gasteiger partial charge in [-0.15, -0.1) is 0 Å². The van der Waals surface area contributed by atoms with Crippen LogP contribution in [0.5, 0.6) is 0 Å². The number of aryl methyl sites for hydroxylation is 1. The molecule has 0 bridgehead atoms. The third-order valence-corrected chi connectivity index (χ3v) is 3.64. The van der Waals surface area contributed by atoms with E-state index in [-0.39, 0.29) is 29.9 Å². The van der Waals surface area contributed by atoms with Gasteiger partial charge in [-0.1, -0.05) is 13.8 Å². The number of hydrogen-bond donors (Lipinski definition) is 1. The summed E-state index contributed by atoms with van der Waals surface area (Å²) in [4.78, 5) is 24.6. The van der Waals surface area contributed by atoms with Gasteiger partial charge in [-0.2, -0.15) is 5.10 Å². The first-order valence-corrected chi connectivity index (χ1v) is 7.14. The maximum Gasteiger partial charge on any atom is 0.334 e. The van der Waals surface area contributed by atoms with Crippen LogP contribution in [-0.4, -0.2) is 45.1 Å². The van der Waals surface area contributed by atoms with Crippen LogP contribution in [0.1, 0.15) is 38.3 Å². The number of aromatic nitrogens is 2. The van der Waals surface area contributed by atoms with E-state index in [4.69, 9.17) is 0 Å². The average molecular weight is 295 g/mol. The number of nitrogens with one attached hydrogen (secondary N) is 1. The van der Waals surface area contributed by atoms with Crippen LogP contribution in [0.2, 0.25) is 0 Å². The van der Waals surface area contributed by atoms with E-state index in [1.165, 1.54) is 4.68 Å². The fourth-order valence-corrected chi connectivity index (χ4v) is 2.54. The van der Waals surface area contributed by atoms with Gasteiger partial charge in [0, 0.05) is 26.1 Å². The van der Waals surface area contributed by atoms with E-state index >= 15 is 0 Å². The Morgan fingerprint density at radius 2 is 2.05 bits per heavy atom. The predicted octanol–water partition coefficient (Wildman–Crippen LogP) is 1.49. The molecular formula is C13H21N5O3. The number of amides is 1. The summed E-state index contributed by atoms with van der Waals surface area (Å²) >= 11 is 0. The summed E-state index contributed by atoms with van der Waals surface area (Å²) in [6.07, 6.45) is 2.05. The Hall–Kier alpha value is -2.12. The van der Waals surface area contributed by atoms with Crippen molar-refractivity contribution in [2.45, 2.75) is 32.6 Å². The minimum Gasteiger partial charge on any atom is -0.355 e. The van der Waals surface area contributed by atoms with Crippen molar-refractivity contribution in [3.63, 3.8) is 0 Å². The number of anilines is 1. The third kappa shape index (κ3) is 3.14. The summed E-state index contributed by atoms with van der Waals surface area (Å²) in [6, 6.07) is 0. The monoisotopic (exact) mass is 295 g/mol. The van der Waals surface area contributed by atoms with Gasteiger partial charge < -0.3 is 10.2 Å². The van der Waals surface area contributed by atoms with E-state index in [2.05, 4.69) is 10.4 Å². The van der Waals surface area contributed by atoms with Crippen molar-refractivity contribution in [1.29, 1.82) is 0 Å². The molecule has 0 spiro atoms. The van der Waals surface area contributed by atoms with E-state index in [9.17, 15) is 14.9 Å². The van der Waals surface area contributed by atoms with Crippen LogP contribution in [0.15, 0.2) is 0 Å². The second kappa shape index (κ2) is 6.11. The Bertz CT molecular complexity index is 546. The molecular weight excluding hydrogens is 274 g/mol. The van der Waals surface area contributed by atoms with Crippen molar-refractivity contribution in [1.82, 2.24) is 14.7 Å². The molecule has 0 aliphatic carbocycles. The van der Waals surface area contributed by atoms with Gasteiger partial charge in [0.1, 0.15) is 5.69 Å². The van der Waals surface area contributed by atoms with Crippen molar-refractivity contribution >= 4 is 17.4 Å². The highest BCUT2D eigenvalue weighted by Gasteiger charge is 2.29. The Balaban J connectivity index is 2.15. The van der Waals surface area contributed by atoms with Crippen LogP contribution >= 0.6 is 0 Å². The second-order valence-electron chi connectivity index (χ2n) is 5.56. The Morgan fingerprint density at radius 3 is 2.57 bits per heavy atom. The Kier molecular flexibility index (Phi) is 4.44. The van der Waals surface area contributed by atoms with Crippen molar-refractivity contribution in [3.8, 4) is 0 Å². The van der Waals surface area contributed by atoms with Crippen molar-refractivity contribution in [2.75, 3.05) is 25.0 Å². The van der Waals surface area contributed by atoms with Gasteiger partial charge in [-0.05, 0) is 12.8 Å². The molecule has 21 heavy (non-hydrogen) atoms. The van der Waals surface area contributed by atoms with Crippen molar-refractivity contribution < 1.29 is 9.72 Å². The largest absolute Gasteiger partial charge is 0.355 e. The maximum atomic E-state index is 12.0. The molecule has 1 N–H and O–H groups in total. The molecule has 1 aromatic heterocycles. The van der Waals surface area contributed by atoms with Crippen LogP contribution in [0.25, 0.3) is 0 Å². The standard InChI is InChI=1S/C13H21N5O3/c1-9(2)11-12(18(20)21)13(16(3)15-11)14-8-10(19)17-6-4-5-7-17/h9,14H,4-8H2,1-3H3. The summed E-state index contributed by atoms with van der Waals surface area (Å²) in [5.41, 5.74) is 0.389. The average Bonchev–Trinajstić information content (AvgIpc) is 3.03. The zero-order chi connectivity index (χ0) is 15.6. The molecule has 0 saturated carbocycles. The first kappa shape index (κ1) is 15.3. The quantitative estimate of drug-likeness (QED) is 0.656. The number of nitrogens with zero attached hydrogens (tertiary/aromatic N) is 4. The summed E-state index contributed by atoms with van der Waals surface area (Å²) in [5, 5.41) is 18.4. The van der Waals surface area contributed by atoms with E-state index in [1.807, 2.05) is 13.8 Å². The van der Waals surface area contributed by atoms with E-state index in [0.29, 0.717) is 5.69 Å². The van der Waals surface area contributed by atoms with E-state index in [1.54, 1.807) is 11.9 Å². The normalized spacial score (nSPS) is 14.8. The Labute approximate surface area is 123 Å². The lowest BCUT2D eigenvalue weighted by molar-refractivity contribution is -0.384. The van der Waals surface area contributed by atoms with Crippen molar-refractivity contribution in [3.05, 3.63) is 15.8 Å². The number of carbonyl (C=O) groups is 1. The summed E-state index contributed by atoms with van der Waals surface area (Å²) in [5.74, 6) is 0.201. The molecule has 2 heterocycles. The minimum absolute atomic E-state index is 0.0332. The van der Waals surface area contributed by atoms with E-state index in [0.717, 1.165) is 25.9 Å². The molecule has 116 valence electrons. The van der Waals surface area contributed by atoms with Gasteiger partial charge in [0.25, 0.3) is 0 Å². The number of nitro groups is 1. The van der Waals surface area contributed by atoms with Gasteiger partial charge in [0.15, 0.2) is 0 Å². The molecule has 1 saturated heterocycles. The second-order valence-corrected chi connectivity index (χ2v) is 5.56. The molecule has 1 amide bonds. The van der Waals surface area contributed by atoms with Gasteiger partial charge in [-0.3, -0.25) is 14.9 Å². The molecule has 0 radical (unpaired) electrons. The molecule has 1 aliphatic rings. The highest BCUT2D eigenvalue weighted by molar-refractivity contribution is 5.81.